The van der Waals surface area contributed by atoms with Crippen LogP contribution in [-0.4, -0.2) is 38.6 Å². The van der Waals surface area contributed by atoms with Crippen molar-refractivity contribution in [3.63, 3.8) is 0 Å². The summed E-state index contributed by atoms with van der Waals surface area (Å²) in [7, 11) is 0. The number of fused-ring (bicyclic) bond motifs is 2. The molecule has 0 fully saturated rings. The van der Waals surface area contributed by atoms with E-state index in [1.165, 1.54) is 12.5 Å². The minimum absolute atomic E-state index is 0.0392. The zero-order valence-corrected chi connectivity index (χ0v) is 15.0. The summed E-state index contributed by atoms with van der Waals surface area (Å²) in [5.41, 5.74) is 3.99. The number of amides is 1. The Morgan fingerprint density at radius 3 is 2.93 bits per heavy atom. The van der Waals surface area contributed by atoms with Gasteiger partial charge in [0, 0.05) is 38.0 Å². The molecule has 4 aromatic rings. The van der Waals surface area contributed by atoms with Gasteiger partial charge in [-0.15, -0.1) is 5.10 Å². The molecule has 1 amide bonds. The van der Waals surface area contributed by atoms with Crippen LogP contribution < -0.4 is 10.6 Å². The second-order valence-corrected chi connectivity index (χ2v) is 6.36. The van der Waals surface area contributed by atoms with Gasteiger partial charge in [0.2, 0.25) is 5.91 Å². The normalized spacial score (nSPS) is 11.0. The van der Waals surface area contributed by atoms with Crippen LogP contribution in [0.5, 0.6) is 0 Å². The summed E-state index contributed by atoms with van der Waals surface area (Å²) in [5, 5.41) is 11.7. The van der Waals surface area contributed by atoms with E-state index in [0.29, 0.717) is 13.1 Å². The zero-order valence-electron chi connectivity index (χ0n) is 15.0. The lowest BCUT2D eigenvalue weighted by Crippen LogP contribution is -2.26. The minimum Gasteiger partial charge on any atom is -0.367 e. The molecule has 27 heavy (non-hydrogen) atoms. The predicted molar refractivity (Wildman–Crippen MR) is 105 cm³/mol. The van der Waals surface area contributed by atoms with E-state index in [4.69, 9.17) is 0 Å². The van der Waals surface area contributed by atoms with Crippen molar-refractivity contribution in [3.05, 3.63) is 66.1 Å². The van der Waals surface area contributed by atoms with Crippen molar-refractivity contribution in [2.45, 2.75) is 13.3 Å². The molecule has 0 atom stereocenters. The first-order valence-corrected chi connectivity index (χ1v) is 8.85. The number of hydrogen-bond donors (Lipinski definition) is 2. The summed E-state index contributed by atoms with van der Waals surface area (Å²) in [5.74, 6) is 0.706. The molecule has 0 saturated carbocycles. The highest BCUT2D eigenvalue weighted by atomic mass is 16.1. The van der Waals surface area contributed by atoms with Crippen molar-refractivity contribution in [3.8, 4) is 0 Å². The molecule has 0 unspecified atom stereocenters. The highest BCUT2D eigenvalue weighted by Crippen LogP contribution is 2.17. The number of rotatable bonds is 6. The Morgan fingerprint density at radius 2 is 2.04 bits per heavy atom. The number of imidazole rings is 1. The fraction of sp³-hybridized carbons (Fsp3) is 0.200. The summed E-state index contributed by atoms with van der Waals surface area (Å²) in [6, 6.07) is 14.1. The van der Waals surface area contributed by atoms with Crippen molar-refractivity contribution in [1.29, 1.82) is 0 Å². The fourth-order valence-corrected chi connectivity index (χ4v) is 3.01. The highest BCUT2D eigenvalue weighted by molar-refractivity contribution is 5.79. The number of benzene rings is 1. The molecule has 0 radical (unpaired) electrons. The van der Waals surface area contributed by atoms with Crippen molar-refractivity contribution in [1.82, 2.24) is 24.9 Å². The number of nitrogens with one attached hydrogen (secondary N) is 2. The van der Waals surface area contributed by atoms with Crippen LogP contribution in [0, 0.1) is 0 Å². The van der Waals surface area contributed by atoms with Gasteiger partial charge < -0.3 is 10.6 Å². The predicted octanol–water partition coefficient (Wildman–Crippen LogP) is 2.42. The molecule has 7 heteroatoms. The van der Waals surface area contributed by atoms with Crippen LogP contribution >= 0.6 is 0 Å². The van der Waals surface area contributed by atoms with Gasteiger partial charge in [-0.1, -0.05) is 12.1 Å². The third-order valence-electron chi connectivity index (χ3n) is 4.29. The van der Waals surface area contributed by atoms with E-state index >= 15 is 0 Å². The topological polar surface area (TPSA) is 84.2 Å². The summed E-state index contributed by atoms with van der Waals surface area (Å²) >= 11 is 0. The average molecular weight is 360 g/mol. The Balaban J connectivity index is 1.54. The summed E-state index contributed by atoms with van der Waals surface area (Å²) < 4.78 is 1.86. The van der Waals surface area contributed by atoms with E-state index < -0.39 is 0 Å². The summed E-state index contributed by atoms with van der Waals surface area (Å²) in [6.07, 6.45) is 4.39. The van der Waals surface area contributed by atoms with Crippen molar-refractivity contribution < 1.29 is 4.79 Å². The van der Waals surface area contributed by atoms with Gasteiger partial charge in [0.25, 0.3) is 0 Å². The first-order valence-electron chi connectivity index (χ1n) is 8.85. The Labute approximate surface area is 156 Å². The fourth-order valence-electron chi connectivity index (χ4n) is 3.01. The van der Waals surface area contributed by atoms with E-state index in [1.807, 2.05) is 35.0 Å². The number of carbonyl (C=O) groups is 1. The SMILES string of the molecule is CC(=O)NCCNc1ccc2ncc(Cc3ccc4ncccc4c3)n2n1. The van der Waals surface area contributed by atoms with E-state index in [-0.39, 0.29) is 5.91 Å². The molecule has 7 nitrogen and oxygen atoms in total. The lowest BCUT2D eigenvalue weighted by molar-refractivity contribution is -0.118. The maximum Gasteiger partial charge on any atom is 0.216 e. The lowest BCUT2D eigenvalue weighted by atomic mass is 10.1. The molecule has 0 aliphatic heterocycles. The number of carbonyl (C=O) groups excluding carboxylic acids is 1. The lowest BCUT2D eigenvalue weighted by Gasteiger charge is -2.08. The van der Waals surface area contributed by atoms with Gasteiger partial charge in [-0.2, -0.15) is 0 Å². The number of pyridine rings is 1. The number of aromatic nitrogens is 4. The third kappa shape index (κ3) is 3.87. The molecule has 2 N–H and O–H groups in total. The molecule has 1 aromatic carbocycles. The number of anilines is 1. The number of hydrogen-bond acceptors (Lipinski definition) is 5. The van der Waals surface area contributed by atoms with Crippen molar-refractivity contribution >= 4 is 28.3 Å². The molecular weight excluding hydrogens is 340 g/mol. The van der Waals surface area contributed by atoms with Crippen LogP contribution in [0.4, 0.5) is 5.82 Å². The van der Waals surface area contributed by atoms with Gasteiger partial charge >= 0.3 is 0 Å². The largest absolute Gasteiger partial charge is 0.367 e. The van der Waals surface area contributed by atoms with E-state index in [9.17, 15) is 4.79 Å². The Hall–Kier alpha value is -3.48. The second-order valence-electron chi connectivity index (χ2n) is 6.36. The zero-order chi connectivity index (χ0) is 18.6. The van der Waals surface area contributed by atoms with Crippen LogP contribution in [-0.2, 0) is 11.2 Å². The molecule has 0 aliphatic carbocycles. The molecule has 3 heterocycles. The third-order valence-corrected chi connectivity index (χ3v) is 4.29. The first kappa shape index (κ1) is 17.0. The van der Waals surface area contributed by atoms with Crippen LogP contribution in [0.2, 0.25) is 0 Å². The molecule has 0 bridgehead atoms. The standard InChI is InChI=1S/C20H20N6O/c1-14(27)21-9-10-23-19-6-7-20-24-13-17(26(20)25-19)12-15-4-5-18-16(11-15)3-2-8-22-18/h2-8,11,13H,9-10,12H2,1H3,(H,21,27)(H,23,25). The second kappa shape index (κ2) is 7.41. The van der Waals surface area contributed by atoms with Gasteiger partial charge in [0.1, 0.15) is 5.82 Å². The van der Waals surface area contributed by atoms with Crippen LogP contribution in [0.25, 0.3) is 16.6 Å². The van der Waals surface area contributed by atoms with Crippen LogP contribution in [0.3, 0.4) is 0 Å². The smallest absolute Gasteiger partial charge is 0.216 e. The highest BCUT2D eigenvalue weighted by Gasteiger charge is 2.07. The van der Waals surface area contributed by atoms with Crippen LogP contribution in [0.15, 0.2) is 54.9 Å². The molecule has 136 valence electrons. The van der Waals surface area contributed by atoms with Gasteiger partial charge in [0.05, 0.1) is 17.4 Å². The van der Waals surface area contributed by atoms with Crippen LogP contribution in [0.1, 0.15) is 18.2 Å². The van der Waals surface area contributed by atoms with E-state index in [1.54, 1.807) is 6.20 Å². The van der Waals surface area contributed by atoms with Crippen molar-refractivity contribution in [2.75, 3.05) is 18.4 Å². The number of nitrogens with zero attached hydrogens (tertiary/aromatic N) is 4. The monoisotopic (exact) mass is 360 g/mol. The molecule has 3 aromatic heterocycles. The minimum atomic E-state index is -0.0392. The molecular formula is C20H20N6O. The quantitative estimate of drug-likeness (QED) is 0.516. The Kier molecular flexibility index (Phi) is 4.65. The molecule has 0 aliphatic rings. The van der Waals surface area contributed by atoms with Gasteiger partial charge in [-0.05, 0) is 35.9 Å². The summed E-state index contributed by atoms with van der Waals surface area (Å²) in [4.78, 5) is 19.7. The molecule has 0 spiro atoms. The van der Waals surface area contributed by atoms with Gasteiger partial charge in [0.15, 0.2) is 5.65 Å². The maximum absolute atomic E-state index is 10.9. The van der Waals surface area contributed by atoms with E-state index in [2.05, 4.69) is 43.9 Å². The van der Waals surface area contributed by atoms with Gasteiger partial charge in [-0.3, -0.25) is 9.78 Å². The Bertz CT molecular complexity index is 1100. The maximum atomic E-state index is 10.9. The molecule has 0 saturated heterocycles. The molecule has 4 rings (SSSR count). The van der Waals surface area contributed by atoms with E-state index in [0.717, 1.165) is 34.5 Å². The Morgan fingerprint density at radius 1 is 1.11 bits per heavy atom. The van der Waals surface area contributed by atoms with Crippen molar-refractivity contribution in [2.24, 2.45) is 0 Å². The first-order chi connectivity index (χ1) is 13.2. The average Bonchev–Trinajstić information content (AvgIpc) is 3.07. The van der Waals surface area contributed by atoms with Gasteiger partial charge in [-0.25, -0.2) is 9.50 Å². The summed E-state index contributed by atoms with van der Waals surface area (Å²) in [6.45, 7) is 2.67.